The minimum atomic E-state index is -0.152. The molecule has 2 fully saturated rings. The van der Waals surface area contributed by atoms with Crippen molar-refractivity contribution in [3.05, 3.63) is 60.2 Å². The average Bonchev–Trinajstić information content (AvgIpc) is 3.23. The molecule has 5 heteroatoms. The van der Waals surface area contributed by atoms with Gasteiger partial charge >= 0.3 is 0 Å². The Balaban J connectivity index is 1.38. The molecule has 2 aromatic rings. The van der Waals surface area contributed by atoms with Gasteiger partial charge in [0.05, 0.1) is 6.10 Å². The normalized spacial score (nSPS) is 18.8. The number of benzene rings is 2. The molecular formula is C24H28N2O2S. The van der Waals surface area contributed by atoms with Gasteiger partial charge in [0, 0.05) is 25.3 Å². The second-order valence-electron chi connectivity index (χ2n) is 8.04. The van der Waals surface area contributed by atoms with E-state index in [2.05, 4.69) is 22.3 Å². The van der Waals surface area contributed by atoms with E-state index in [0.717, 1.165) is 43.7 Å². The molecule has 4 rings (SSSR count). The highest BCUT2D eigenvalue weighted by Gasteiger charge is 2.26. The number of carbonyl (C=O) groups excluding carboxylic acids is 1. The van der Waals surface area contributed by atoms with Crippen molar-refractivity contribution in [3.63, 3.8) is 0 Å². The summed E-state index contributed by atoms with van der Waals surface area (Å²) in [5.74, 6) is 0.525. The van der Waals surface area contributed by atoms with Gasteiger partial charge in [0.1, 0.15) is 0 Å². The Morgan fingerprint density at radius 1 is 0.966 bits per heavy atom. The van der Waals surface area contributed by atoms with Crippen LogP contribution in [0.1, 0.15) is 42.5 Å². The standard InChI is InChI=1S/C24H28N2O2S/c27-23(21-13-11-20(12-14-21)19-8-2-1-3-9-19)25-24(29)26(16-18-6-4-7-18)17-22-10-5-15-28-22/h1-3,8-9,11-14,18,22H,4-7,10,15-17H2,(H,25,27,29)/t22-/m0/s1. The Morgan fingerprint density at radius 3 is 2.31 bits per heavy atom. The van der Waals surface area contributed by atoms with Crippen LogP contribution in [0.2, 0.25) is 0 Å². The first-order valence-corrected chi connectivity index (χ1v) is 11.0. The van der Waals surface area contributed by atoms with E-state index in [1.165, 1.54) is 19.3 Å². The first kappa shape index (κ1) is 20.0. The summed E-state index contributed by atoms with van der Waals surface area (Å²) in [6, 6.07) is 17.8. The lowest BCUT2D eigenvalue weighted by Gasteiger charge is -2.35. The van der Waals surface area contributed by atoms with Crippen LogP contribution in [0.15, 0.2) is 54.6 Å². The van der Waals surface area contributed by atoms with E-state index < -0.39 is 0 Å². The highest BCUT2D eigenvalue weighted by molar-refractivity contribution is 7.80. The van der Waals surface area contributed by atoms with E-state index >= 15 is 0 Å². The molecule has 2 aromatic carbocycles. The lowest BCUT2D eigenvalue weighted by Crippen LogP contribution is -2.48. The number of ether oxygens (including phenoxy) is 1. The third-order valence-corrected chi connectivity index (χ3v) is 6.27. The highest BCUT2D eigenvalue weighted by atomic mass is 32.1. The maximum atomic E-state index is 12.8. The summed E-state index contributed by atoms with van der Waals surface area (Å²) < 4.78 is 5.80. The smallest absolute Gasteiger partial charge is 0.257 e. The summed E-state index contributed by atoms with van der Waals surface area (Å²) in [7, 11) is 0. The van der Waals surface area contributed by atoms with Crippen LogP contribution in [0, 0.1) is 5.92 Å². The summed E-state index contributed by atoms with van der Waals surface area (Å²) >= 11 is 5.62. The van der Waals surface area contributed by atoms with Crippen LogP contribution in [0.5, 0.6) is 0 Å². The van der Waals surface area contributed by atoms with Gasteiger partial charge in [0.25, 0.3) is 5.91 Å². The molecule has 0 unspecified atom stereocenters. The summed E-state index contributed by atoms with van der Waals surface area (Å²) in [4.78, 5) is 14.9. The zero-order chi connectivity index (χ0) is 20.1. The molecule has 0 bridgehead atoms. The van der Waals surface area contributed by atoms with Crippen molar-refractivity contribution in [2.75, 3.05) is 19.7 Å². The molecule has 0 radical (unpaired) electrons. The molecule has 1 heterocycles. The predicted molar refractivity (Wildman–Crippen MR) is 120 cm³/mol. The zero-order valence-electron chi connectivity index (χ0n) is 16.7. The number of hydrogen-bond acceptors (Lipinski definition) is 3. The number of rotatable bonds is 6. The number of carbonyl (C=O) groups is 1. The fourth-order valence-corrected chi connectivity index (χ4v) is 4.20. The molecule has 2 aliphatic rings. The first-order valence-electron chi connectivity index (χ1n) is 10.6. The summed E-state index contributed by atoms with van der Waals surface area (Å²) in [6.45, 7) is 2.50. The SMILES string of the molecule is O=C(NC(=S)N(CC1CCC1)C[C@@H]1CCCO1)c1ccc(-c2ccccc2)cc1. The molecule has 0 aromatic heterocycles. The molecule has 29 heavy (non-hydrogen) atoms. The topological polar surface area (TPSA) is 41.6 Å². The monoisotopic (exact) mass is 408 g/mol. The van der Waals surface area contributed by atoms with E-state index in [4.69, 9.17) is 17.0 Å². The van der Waals surface area contributed by atoms with Crippen molar-refractivity contribution in [1.29, 1.82) is 0 Å². The van der Waals surface area contributed by atoms with Crippen molar-refractivity contribution in [2.45, 2.75) is 38.2 Å². The number of nitrogens with zero attached hydrogens (tertiary/aromatic N) is 1. The van der Waals surface area contributed by atoms with Crippen molar-refractivity contribution in [3.8, 4) is 11.1 Å². The first-order chi connectivity index (χ1) is 14.2. The fourth-order valence-electron chi connectivity index (χ4n) is 3.95. The minimum Gasteiger partial charge on any atom is -0.376 e. The molecule has 1 aliphatic carbocycles. The Kier molecular flexibility index (Phi) is 6.57. The van der Waals surface area contributed by atoms with Gasteiger partial charge in [-0.2, -0.15) is 0 Å². The number of thiocarbonyl (C=S) groups is 1. The second kappa shape index (κ2) is 9.51. The third-order valence-electron chi connectivity index (χ3n) is 5.91. The van der Waals surface area contributed by atoms with Gasteiger partial charge < -0.3 is 9.64 Å². The van der Waals surface area contributed by atoms with E-state index in [1.807, 2.05) is 42.5 Å². The molecule has 152 valence electrons. The highest BCUT2D eigenvalue weighted by Crippen LogP contribution is 2.28. The Morgan fingerprint density at radius 2 is 1.69 bits per heavy atom. The number of amides is 1. The Hall–Kier alpha value is -2.24. The van der Waals surface area contributed by atoms with E-state index in [9.17, 15) is 4.79 Å². The van der Waals surface area contributed by atoms with Gasteiger partial charge in [-0.3, -0.25) is 10.1 Å². The quantitative estimate of drug-likeness (QED) is 0.707. The van der Waals surface area contributed by atoms with E-state index in [1.54, 1.807) is 0 Å². The maximum Gasteiger partial charge on any atom is 0.257 e. The van der Waals surface area contributed by atoms with Gasteiger partial charge in [-0.05, 0) is 67.1 Å². The molecule has 1 atom stereocenters. The van der Waals surface area contributed by atoms with E-state index in [-0.39, 0.29) is 12.0 Å². The van der Waals surface area contributed by atoms with Crippen LogP contribution < -0.4 is 5.32 Å². The molecular weight excluding hydrogens is 380 g/mol. The van der Waals surface area contributed by atoms with Gasteiger partial charge in [-0.15, -0.1) is 0 Å². The van der Waals surface area contributed by atoms with Crippen LogP contribution in [0.25, 0.3) is 11.1 Å². The number of hydrogen-bond donors (Lipinski definition) is 1. The Bertz CT molecular complexity index is 828. The Labute approximate surface area is 178 Å². The van der Waals surface area contributed by atoms with Gasteiger partial charge in [-0.1, -0.05) is 48.9 Å². The molecule has 1 aliphatic heterocycles. The number of nitrogens with one attached hydrogen (secondary N) is 1. The molecule has 1 amide bonds. The van der Waals surface area contributed by atoms with Crippen molar-refractivity contribution in [2.24, 2.45) is 5.92 Å². The molecule has 4 nitrogen and oxygen atoms in total. The predicted octanol–water partition coefficient (Wildman–Crippen LogP) is 4.65. The molecule has 0 spiro atoms. The molecule has 1 N–H and O–H groups in total. The largest absolute Gasteiger partial charge is 0.376 e. The van der Waals surface area contributed by atoms with Crippen LogP contribution in [0.3, 0.4) is 0 Å². The van der Waals surface area contributed by atoms with Crippen molar-refractivity contribution < 1.29 is 9.53 Å². The second-order valence-corrected chi connectivity index (χ2v) is 8.43. The maximum absolute atomic E-state index is 12.8. The van der Waals surface area contributed by atoms with E-state index in [0.29, 0.717) is 16.6 Å². The van der Waals surface area contributed by atoms with Gasteiger partial charge in [0.2, 0.25) is 0 Å². The van der Waals surface area contributed by atoms with Crippen LogP contribution in [-0.2, 0) is 4.74 Å². The summed E-state index contributed by atoms with van der Waals surface area (Å²) in [6.07, 6.45) is 6.19. The lowest BCUT2D eigenvalue weighted by atomic mass is 9.85. The molecule has 1 saturated carbocycles. The lowest BCUT2D eigenvalue weighted by molar-refractivity contribution is 0.0822. The summed E-state index contributed by atoms with van der Waals surface area (Å²) in [5.41, 5.74) is 2.85. The van der Waals surface area contributed by atoms with Crippen molar-refractivity contribution >= 4 is 23.2 Å². The zero-order valence-corrected chi connectivity index (χ0v) is 17.5. The fraction of sp³-hybridized carbons (Fsp3) is 0.417. The van der Waals surface area contributed by atoms with Crippen molar-refractivity contribution in [1.82, 2.24) is 10.2 Å². The van der Waals surface area contributed by atoms with Gasteiger partial charge in [-0.25, -0.2) is 0 Å². The summed E-state index contributed by atoms with van der Waals surface area (Å²) in [5, 5.41) is 3.46. The minimum absolute atomic E-state index is 0.152. The third kappa shape index (κ3) is 5.22. The average molecular weight is 409 g/mol. The molecule has 1 saturated heterocycles. The van der Waals surface area contributed by atoms with Gasteiger partial charge in [0.15, 0.2) is 5.11 Å². The van der Waals surface area contributed by atoms with Crippen LogP contribution in [0.4, 0.5) is 0 Å². The van der Waals surface area contributed by atoms with Crippen LogP contribution >= 0.6 is 12.2 Å². The van der Waals surface area contributed by atoms with Crippen LogP contribution in [-0.4, -0.2) is 41.7 Å².